The number of imidazole rings is 2. The Labute approximate surface area is 356 Å². The molecule has 0 bridgehead atoms. The first-order valence-electron chi connectivity index (χ1n) is 18.8. The number of carbonyl (C=O) groups is 1. The summed E-state index contributed by atoms with van der Waals surface area (Å²) in [7, 11) is -4.47. The average molecular weight is 923 g/mol. The van der Waals surface area contributed by atoms with Crippen LogP contribution in [-0.4, -0.2) is 104 Å². The van der Waals surface area contributed by atoms with Gasteiger partial charge in [-0.25, -0.2) is 41.8 Å². The number of hydrogen-bond acceptors (Lipinski definition) is 14. The molecule has 0 aromatic carbocycles. The van der Waals surface area contributed by atoms with Crippen LogP contribution in [0.1, 0.15) is 56.9 Å². The van der Waals surface area contributed by atoms with Gasteiger partial charge in [0, 0.05) is 70.0 Å². The number of rotatable bonds is 12. The number of aryl methyl sites for hydroxylation is 2. The van der Waals surface area contributed by atoms with Crippen molar-refractivity contribution in [3.05, 3.63) is 71.3 Å². The predicted octanol–water partition coefficient (Wildman–Crippen LogP) is 5.83. The van der Waals surface area contributed by atoms with Crippen LogP contribution < -0.4 is 5.43 Å². The van der Waals surface area contributed by atoms with Crippen molar-refractivity contribution >= 4 is 60.3 Å². The summed E-state index contributed by atoms with van der Waals surface area (Å²) in [6.45, 7) is 8.80. The lowest BCUT2D eigenvalue weighted by Gasteiger charge is -2.12. The third-order valence-corrected chi connectivity index (χ3v) is 12.6. The van der Waals surface area contributed by atoms with Crippen molar-refractivity contribution in [2.24, 2.45) is 24.3 Å². The third-order valence-electron chi connectivity index (χ3n) is 9.15. The molecule has 0 fully saturated rings. The van der Waals surface area contributed by atoms with Crippen molar-refractivity contribution in [3.63, 3.8) is 0 Å². The van der Waals surface area contributed by atoms with Gasteiger partial charge in [0.25, 0.3) is 0 Å². The molecule has 17 nitrogen and oxygen atoms in total. The summed E-state index contributed by atoms with van der Waals surface area (Å²) in [5.74, 6) is -0.567. The molecule has 0 radical (unpaired) electrons. The van der Waals surface area contributed by atoms with Crippen molar-refractivity contribution in [2.75, 3.05) is 24.6 Å². The van der Waals surface area contributed by atoms with Gasteiger partial charge in [0.1, 0.15) is 22.4 Å². The molecule has 0 saturated carbocycles. The SMILES string of the molecule is CCN(/N=C/c1cnc(-c2nc3cc(C(F)(F)F)cnc3n2C)c(S(=O)(=O)CC)c1)C(C)=O.CCN/N=C/c1cnc(-c2nc3cc(C(F)(F)F)cnc3n2C)c(S(=O)(=O)CC)c1. The van der Waals surface area contributed by atoms with Crippen LogP contribution in [0.5, 0.6) is 0 Å². The van der Waals surface area contributed by atoms with E-state index in [4.69, 9.17) is 0 Å². The van der Waals surface area contributed by atoms with E-state index in [9.17, 15) is 48.0 Å². The van der Waals surface area contributed by atoms with Crippen LogP contribution in [-0.2, 0) is 50.9 Å². The second-order valence-electron chi connectivity index (χ2n) is 13.4. The minimum Gasteiger partial charge on any atom is -0.310 e. The van der Waals surface area contributed by atoms with E-state index in [-0.39, 0.29) is 72.6 Å². The predicted molar refractivity (Wildman–Crippen MR) is 221 cm³/mol. The highest BCUT2D eigenvalue weighted by Gasteiger charge is 2.34. The Morgan fingerprint density at radius 1 is 0.698 bits per heavy atom. The smallest absolute Gasteiger partial charge is 0.310 e. The molecule has 6 aromatic heterocycles. The van der Waals surface area contributed by atoms with E-state index in [1.54, 1.807) is 6.92 Å². The molecule has 0 aliphatic rings. The van der Waals surface area contributed by atoms with E-state index >= 15 is 0 Å². The summed E-state index contributed by atoms with van der Waals surface area (Å²) in [5.41, 5.74) is 1.87. The monoisotopic (exact) mass is 922 g/mol. The molecule has 6 heterocycles. The lowest BCUT2D eigenvalue weighted by atomic mass is 10.2. The number of amides is 1. The van der Waals surface area contributed by atoms with Crippen molar-refractivity contribution in [1.82, 2.24) is 49.5 Å². The fourth-order valence-corrected chi connectivity index (χ4v) is 7.93. The van der Waals surface area contributed by atoms with Gasteiger partial charge in [-0.2, -0.15) is 36.5 Å². The maximum Gasteiger partial charge on any atom is 0.417 e. The molecule has 0 aliphatic heterocycles. The molecule has 1 amide bonds. The van der Waals surface area contributed by atoms with E-state index in [0.717, 1.165) is 12.1 Å². The van der Waals surface area contributed by atoms with Gasteiger partial charge in [-0.3, -0.25) is 14.8 Å². The molecular formula is C38H40F6N12O5S2. The summed E-state index contributed by atoms with van der Waals surface area (Å²) in [6, 6.07) is 4.47. The molecule has 1 N–H and O–H groups in total. The molecule has 0 saturated heterocycles. The Hall–Kier alpha value is -6.37. The van der Waals surface area contributed by atoms with Crippen LogP contribution in [0, 0.1) is 0 Å². The van der Waals surface area contributed by atoms with Gasteiger partial charge in [0.15, 0.2) is 42.6 Å². The van der Waals surface area contributed by atoms with Gasteiger partial charge < -0.3 is 14.6 Å². The topological polar surface area (TPSA) is 213 Å². The van der Waals surface area contributed by atoms with Gasteiger partial charge in [0.2, 0.25) is 5.91 Å². The lowest BCUT2D eigenvalue weighted by molar-refractivity contribution is -0.138. The van der Waals surface area contributed by atoms with Crippen molar-refractivity contribution in [3.8, 4) is 23.0 Å². The number of hydrogen-bond donors (Lipinski definition) is 1. The minimum absolute atomic E-state index is 0.0123. The highest BCUT2D eigenvalue weighted by atomic mass is 32.2. The van der Waals surface area contributed by atoms with Gasteiger partial charge >= 0.3 is 12.4 Å². The second-order valence-corrected chi connectivity index (χ2v) is 17.9. The molecule has 0 spiro atoms. The average Bonchev–Trinajstić information content (AvgIpc) is 3.75. The van der Waals surface area contributed by atoms with E-state index < -0.39 is 43.2 Å². The molecule has 63 heavy (non-hydrogen) atoms. The highest BCUT2D eigenvalue weighted by molar-refractivity contribution is 7.91. The van der Waals surface area contributed by atoms with Crippen LogP contribution in [0.2, 0.25) is 0 Å². The quantitative estimate of drug-likeness (QED) is 0.0873. The summed E-state index contributed by atoms with van der Waals surface area (Å²) in [5, 5.41) is 9.18. The molecule has 6 rings (SSSR count). The third kappa shape index (κ3) is 10.5. The number of aromatic nitrogens is 8. The zero-order valence-corrected chi connectivity index (χ0v) is 36.3. The maximum absolute atomic E-state index is 13.1. The Morgan fingerprint density at radius 3 is 1.49 bits per heavy atom. The fraction of sp³-hybridized carbons (Fsp3) is 0.342. The molecule has 0 unspecified atom stereocenters. The second kappa shape index (κ2) is 18.5. The van der Waals surface area contributed by atoms with E-state index in [0.29, 0.717) is 36.6 Å². The van der Waals surface area contributed by atoms with Gasteiger partial charge in [-0.15, -0.1) is 0 Å². The Morgan fingerprint density at radius 2 is 1.13 bits per heavy atom. The standard InChI is InChI=1S/C20H21F3N6O3S.C18H19F3N6O2S/c1-5-29(12(3)30)26-10-13-7-16(33(31,32)6-2)17(24-9-13)19-27-15-8-14(20(21,22)23)11-25-18(15)28(19)4;1-4-24-25-9-11-6-14(30(28,29)5-2)15(22-8-11)17-26-13-7-12(18(19,20)21)10-23-16(13)27(17)3/h7-11H,5-6H2,1-4H3;6-10,24H,4-5H2,1-3H3/b26-10+;25-9+. The largest absolute Gasteiger partial charge is 0.417 e. The number of nitrogens with one attached hydrogen (secondary N) is 1. The number of carbonyl (C=O) groups excluding carboxylic acids is 1. The van der Waals surface area contributed by atoms with Crippen LogP contribution in [0.4, 0.5) is 26.3 Å². The summed E-state index contributed by atoms with van der Waals surface area (Å²) < 4.78 is 132. The first-order valence-corrected chi connectivity index (χ1v) is 22.1. The van der Waals surface area contributed by atoms with Crippen molar-refractivity contribution in [1.29, 1.82) is 0 Å². The maximum atomic E-state index is 13.1. The number of pyridine rings is 4. The number of hydrazone groups is 2. The van der Waals surface area contributed by atoms with Gasteiger partial charge in [-0.05, 0) is 38.1 Å². The van der Waals surface area contributed by atoms with Gasteiger partial charge in [0.05, 0.1) is 44.9 Å². The first-order chi connectivity index (χ1) is 29.5. The van der Waals surface area contributed by atoms with Crippen LogP contribution in [0.15, 0.2) is 69.0 Å². The molecule has 336 valence electrons. The van der Waals surface area contributed by atoms with Gasteiger partial charge in [-0.1, -0.05) is 13.8 Å². The Kier molecular flexibility index (Phi) is 14.0. The summed E-state index contributed by atoms with van der Waals surface area (Å²) >= 11 is 0. The molecule has 0 aliphatic carbocycles. The summed E-state index contributed by atoms with van der Waals surface area (Å²) in [4.78, 5) is 35.8. The number of nitrogens with zero attached hydrogens (tertiary/aromatic N) is 11. The van der Waals surface area contributed by atoms with E-state index in [1.165, 1.54) is 86.0 Å². The minimum atomic E-state index is -4.60. The Balaban J connectivity index is 0.000000239. The summed E-state index contributed by atoms with van der Waals surface area (Å²) in [6.07, 6.45) is -2.26. The highest BCUT2D eigenvalue weighted by Crippen LogP contribution is 2.34. The van der Waals surface area contributed by atoms with Crippen LogP contribution in [0.25, 0.3) is 45.4 Å². The molecule has 0 atom stereocenters. The molecule has 6 aromatic rings. The first kappa shape index (κ1) is 47.7. The fourth-order valence-electron chi connectivity index (χ4n) is 5.80. The molecule has 25 heteroatoms. The lowest BCUT2D eigenvalue weighted by Crippen LogP contribution is -2.22. The molecular weight excluding hydrogens is 883 g/mol. The number of fused-ring (bicyclic) bond motifs is 2. The van der Waals surface area contributed by atoms with Crippen LogP contribution >= 0.6 is 0 Å². The number of halogens is 6. The number of sulfone groups is 2. The van der Waals surface area contributed by atoms with E-state index in [2.05, 4.69) is 45.5 Å². The zero-order chi connectivity index (χ0) is 46.7. The van der Waals surface area contributed by atoms with Crippen LogP contribution in [0.3, 0.4) is 0 Å². The Bertz CT molecular complexity index is 2970. The zero-order valence-electron chi connectivity index (χ0n) is 34.6. The van der Waals surface area contributed by atoms with Crippen molar-refractivity contribution < 1.29 is 48.0 Å². The van der Waals surface area contributed by atoms with E-state index in [1.807, 2.05) is 6.92 Å². The van der Waals surface area contributed by atoms with Crippen molar-refractivity contribution in [2.45, 2.75) is 56.8 Å². The number of alkyl halides is 6. The normalized spacial score (nSPS) is 12.7.